The van der Waals surface area contributed by atoms with Crippen molar-refractivity contribution in [1.82, 2.24) is 19.5 Å². The molecular weight excluding hydrogens is 399 g/mol. The van der Waals surface area contributed by atoms with Gasteiger partial charge in [0.1, 0.15) is 5.82 Å². The second-order valence-electron chi connectivity index (χ2n) is 5.67. The molecule has 0 bridgehead atoms. The quantitative estimate of drug-likeness (QED) is 0.486. The zero-order valence-corrected chi connectivity index (χ0v) is 15.0. The highest BCUT2D eigenvalue weighted by Crippen LogP contribution is 2.25. The van der Waals surface area contributed by atoms with Crippen LogP contribution in [0.3, 0.4) is 0 Å². The smallest absolute Gasteiger partial charge is 0.138 e. The number of rotatable bonds is 2. The van der Waals surface area contributed by atoms with Crippen molar-refractivity contribution in [1.29, 1.82) is 0 Å². The molecule has 0 radical (unpaired) electrons. The third kappa shape index (κ3) is 2.65. The molecule has 4 rings (SSSR count). The van der Waals surface area contributed by atoms with Crippen LogP contribution < -0.4 is 0 Å². The number of aromatic amines is 1. The lowest BCUT2D eigenvalue weighted by Gasteiger charge is -2.01. The van der Waals surface area contributed by atoms with Crippen molar-refractivity contribution >= 4 is 33.6 Å². The van der Waals surface area contributed by atoms with E-state index >= 15 is 0 Å². The van der Waals surface area contributed by atoms with E-state index in [4.69, 9.17) is 4.98 Å². The summed E-state index contributed by atoms with van der Waals surface area (Å²) >= 11 is 2.36. The first-order chi connectivity index (χ1) is 11.1. The fraction of sp³-hybridized carbons (Fsp3) is 0.111. The van der Waals surface area contributed by atoms with Gasteiger partial charge in [0.2, 0.25) is 0 Å². The van der Waals surface area contributed by atoms with Crippen LogP contribution in [0.25, 0.3) is 28.1 Å². The van der Waals surface area contributed by atoms with E-state index in [1.165, 1.54) is 9.13 Å². The third-order valence-corrected chi connectivity index (χ3v) is 5.08. The second-order valence-corrected chi connectivity index (χ2v) is 6.84. The molecular formula is C18H15IN4. The lowest BCUT2D eigenvalue weighted by Crippen LogP contribution is -1.89. The van der Waals surface area contributed by atoms with Gasteiger partial charge in [0.25, 0.3) is 0 Å². The zero-order chi connectivity index (χ0) is 16.0. The summed E-state index contributed by atoms with van der Waals surface area (Å²) in [6, 6.07) is 12.6. The molecule has 0 saturated carbocycles. The minimum absolute atomic E-state index is 0.900. The topological polar surface area (TPSA) is 46.5 Å². The van der Waals surface area contributed by atoms with E-state index in [-0.39, 0.29) is 0 Å². The maximum atomic E-state index is 4.71. The van der Waals surface area contributed by atoms with Gasteiger partial charge in [0, 0.05) is 21.0 Å². The standard InChI is InChI=1S/C18H15IN4/c1-11-3-4-13(7-15(11)19)18-21-16-6-5-14(8-17(16)22-18)23-9-12(2)20-10-23/h3-10H,1-2H3,(H,21,22). The minimum atomic E-state index is 0.900. The van der Waals surface area contributed by atoms with Gasteiger partial charge in [-0.3, -0.25) is 0 Å². The molecule has 114 valence electrons. The number of aromatic nitrogens is 4. The minimum Gasteiger partial charge on any atom is -0.338 e. The second kappa shape index (κ2) is 5.49. The first kappa shape index (κ1) is 14.4. The molecule has 0 saturated heterocycles. The molecule has 0 atom stereocenters. The first-order valence-electron chi connectivity index (χ1n) is 7.37. The van der Waals surface area contributed by atoms with Crippen LogP contribution in [-0.2, 0) is 0 Å². The number of nitrogens with zero attached hydrogens (tertiary/aromatic N) is 3. The summed E-state index contributed by atoms with van der Waals surface area (Å²) in [6.45, 7) is 4.10. The Hall–Kier alpha value is -2.15. The van der Waals surface area contributed by atoms with Crippen LogP contribution in [0.1, 0.15) is 11.3 Å². The van der Waals surface area contributed by atoms with Gasteiger partial charge in [-0.1, -0.05) is 12.1 Å². The summed E-state index contributed by atoms with van der Waals surface area (Å²) in [5, 5.41) is 0. The van der Waals surface area contributed by atoms with Crippen LogP contribution in [-0.4, -0.2) is 19.5 Å². The molecule has 1 N–H and O–H groups in total. The SMILES string of the molecule is Cc1cn(-c2ccc3nc(-c4ccc(C)c(I)c4)[nH]c3c2)cn1. The fourth-order valence-electron chi connectivity index (χ4n) is 2.60. The van der Waals surface area contributed by atoms with E-state index in [0.717, 1.165) is 33.8 Å². The monoisotopic (exact) mass is 414 g/mol. The molecule has 0 aliphatic heterocycles. The normalized spacial score (nSPS) is 11.3. The predicted octanol–water partition coefficient (Wildman–Crippen LogP) is 4.64. The fourth-order valence-corrected chi connectivity index (χ4v) is 3.11. The number of H-pyrrole nitrogens is 1. The molecule has 0 fully saturated rings. The van der Waals surface area contributed by atoms with Crippen LogP contribution in [0.2, 0.25) is 0 Å². The molecule has 2 aromatic carbocycles. The lowest BCUT2D eigenvalue weighted by atomic mass is 10.1. The Morgan fingerprint density at radius 1 is 1.09 bits per heavy atom. The summed E-state index contributed by atoms with van der Waals surface area (Å²) in [7, 11) is 0. The molecule has 5 heteroatoms. The molecule has 2 heterocycles. The van der Waals surface area contributed by atoms with E-state index in [2.05, 4.69) is 69.8 Å². The van der Waals surface area contributed by atoms with Gasteiger partial charge in [-0.25, -0.2) is 9.97 Å². The molecule has 2 aromatic heterocycles. The Morgan fingerprint density at radius 3 is 2.70 bits per heavy atom. The van der Waals surface area contributed by atoms with E-state index in [0.29, 0.717) is 0 Å². The van der Waals surface area contributed by atoms with E-state index in [9.17, 15) is 0 Å². The molecule has 4 nitrogen and oxygen atoms in total. The molecule has 0 unspecified atom stereocenters. The molecule has 0 aliphatic rings. The highest BCUT2D eigenvalue weighted by Gasteiger charge is 2.08. The summed E-state index contributed by atoms with van der Waals surface area (Å²) in [5.74, 6) is 0.900. The Morgan fingerprint density at radius 2 is 1.96 bits per heavy atom. The Bertz CT molecular complexity index is 1010. The number of aryl methyl sites for hydroxylation is 2. The number of imidazole rings is 2. The van der Waals surface area contributed by atoms with Crippen LogP contribution in [0.4, 0.5) is 0 Å². The van der Waals surface area contributed by atoms with Gasteiger partial charge in [-0.15, -0.1) is 0 Å². The number of benzene rings is 2. The molecule has 0 aliphatic carbocycles. The number of hydrogen-bond donors (Lipinski definition) is 1. The Balaban J connectivity index is 1.80. The Labute approximate surface area is 147 Å². The Kier molecular flexibility index (Phi) is 3.45. The van der Waals surface area contributed by atoms with Crippen molar-refractivity contribution in [3.63, 3.8) is 0 Å². The van der Waals surface area contributed by atoms with Crippen LogP contribution in [0.5, 0.6) is 0 Å². The van der Waals surface area contributed by atoms with Gasteiger partial charge >= 0.3 is 0 Å². The third-order valence-electron chi connectivity index (χ3n) is 3.92. The number of hydrogen-bond acceptors (Lipinski definition) is 2. The van der Waals surface area contributed by atoms with Gasteiger partial charge in [0.05, 0.1) is 23.1 Å². The van der Waals surface area contributed by atoms with Gasteiger partial charge in [0.15, 0.2) is 0 Å². The number of nitrogens with one attached hydrogen (secondary N) is 1. The van der Waals surface area contributed by atoms with Crippen molar-refractivity contribution in [2.45, 2.75) is 13.8 Å². The highest BCUT2D eigenvalue weighted by atomic mass is 127. The molecule has 0 amide bonds. The van der Waals surface area contributed by atoms with Gasteiger partial charge in [-0.2, -0.15) is 0 Å². The van der Waals surface area contributed by atoms with Gasteiger partial charge < -0.3 is 9.55 Å². The zero-order valence-electron chi connectivity index (χ0n) is 12.8. The van der Waals surface area contributed by atoms with Crippen LogP contribution in [0.15, 0.2) is 48.9 Å². The maximum Gasteiger partial charge on any atom is 0.138 e. The van der Waals surface area contributed by atoms with E-state index < -0.39 is 0 Å². The largest absolute Gasteiger partial charge is 0.338 e. The predicted molar refractivity (Wildman–Crippen MR) is 101 cm³/mol. The molecule has 4 aromatic rings. The number of fused-ring (bicyclic) bond motifs is 1. The van der Waals surface area contributed by atoms with E-state index in [1.807, 2.05) is 30.1 Å². The van der Waals surface area contributed by atoms with Crippen LogP contribution in [0, 0.1) is 17.4 Å². The summed E-state index contributed by atoms with van der Waals surface area (Å²) in [5.41, 5.74) is 6.46. The van der Waals surface area contributed by atoms with Crippen molar-refractivity contribution in [3.05, 3.63) is 63.7 Å². The van der Waals surface area contributed by atoms with Crippen molar-refractivity contribution in [2.24, 2.45) is 0 Å². The molecule has 0 spiro atoms. The van der Waals surface area contributed by atoms with Crippen molar-refractivity contribution in [2.75, 3.05) is 0 Å². The van der Waals surface area contributed by atoms with Crippen molar-refractivity contribution < 1.29 is 0 Å². The average molecular weight is 414 g/mol. The summed E-state index contributed by atoms with van der Waals surface area (Å²) in [6.07, 6.45) is 3.84. The van der Waals surface area contributed by atoms with E-state index in [1.54, 1.807) is 0 Å². The maximum absolute atomic E-state index is 4.71. The number of halogens is 1. The lowest BCUT2D eigenvalue weighted by molar-refractivity contribution is 1.06. The highest BCUT2D eigenvalue weighted by molar-refractivity contribution is 14.1. The first-order valence-corrected chi connectivity index (χ1v) is 8.45. The summed E-state index contributed by atoms with van der Waals surface area (Å²) in [4.78, 5) is 12.4. The average Bonchev–Trinajstić information content (AvgIpc) is 3.15. The van der Waals surface area contributed by atoms with Gasteiger partial charge in [-0.05, 0) is 66.3 Å². The molecule has 23 heavy (non-hydrogen) atoms. The van der Waals surface area contributed by atoms with Crippen LogP contribution >= 0.6 is 22.6 Å². The van der Waals surface area contributed by atoms with Crippen molar-refractivity contribution in [3.8, 4) is 17.1 Å². The summed E-state index contributed by atoms with van der Waals surface area (Å²) < 4.78 is 3.26.